The molecule has 0 aliphatic rings. The van der Waals surface area contributed by atoms with Crippen LogP contribution in [0.5, 0.6) is 0 Å². The Kier molecular flexibility index (Phi) is 5.30. The van der Waals surface area contributed by atoms with Crippen LogP contribution in [0.3, 0.4) is 0 Å². The first kappa shape index (κ1) is 23.0. The minimum Gasteiger partial charge on any atom is -0.478 e. The molecule has 0 aliphatic heterocycles. The van der Waals surface area contributed by atoms with Gasteiger partial charge in [0, 0.05) is 43.6 Å². The summed E-state index contributed by atoms with van der Waals surface area (Å²) in [5.41, 5.74) is 8.96. The minimum absolute atomic E-state index is 0.304. The number of carbonyl (C=O) groups is 1. The number of benzene rings is 4. The van der Waals surface area contributed by atoms with Crippen LogP contribution in [0.15, 0.2) is 103 Å². The van der Waals surface area contributed by atoms with Gasteiger partial charge in [-0.25, -0.2) is 9.48 Å². The van der Waals surface area contributed by atoms with E-state index in [4.69, 9.17) is 0 Å². The number of hydrogen-bond acceptors (Lipinski definition) is 3. The first-order chi connectivity index (χ1) is 19.0. The smallest absolute Gasteiger partial charge is 0.335 e. The molecule has 190 valence electrons. The molecule has 0 atom stereocenters. The molecule has 0 fully saturated rings. The molecule has 0 radical (unpaired) electrons. The lowest BCUT2D eigenvalue weighted by Crippen LogP contribution is -2.01. The van der Waals surface area contributed by atoms with Gasteiger partial charge in [-0.15, -0.1) is 5.10 Å². The van der Waals surface area contributed by atoms with Crippen molar-refractivity contribution in [3.05, 3.63) is 120 Å². The molecule has 39 heavy (non-hydrogen) atoms. The Labute approximate surface area is 224 Å². The molecule has 0 unspecified atom stereocenters. The maximum Gasteiger partial charge on any atom is 0.335 e. The van der Waals surface area contributed by atoms with Gasteiger partial charge in [-0.2, -0.15) is 0 Å². The van der Waals surface area contributed by atoms with Crippen molar-refractivity contribution in [2.45, 2.75) is 13.1 Å². The van der Waals surface area contributed by atoms with Gasteiger partial charge in [-0.1, -0.05) is 47.7 Å². The second-order valence-electron chi connectivity index (χ2n) is 9.98. The molecular formula is C32H25N5O2. The van der Waals surface area contributed by atoms with E-state index in [1.807, 2.05) is 19.2 Å². The maximum absolute atomic E-state index is 11.4. The van der Waals surface area contributed by atoms with Gasteiger partial charge >= 0.3 is 5.97 Å². The van der Waals surface area contributed by atoms with Gasteiger partial charge in [0.05, 0.1) is 11.1 Å². The van der Waals surface area contributed by atoms with Crippen molar-refractivity contribution in [1.29, 1.82) is 0 Å². The first-order valence-electron chi connectivity index (χ1n) is 12.8. The fourth-order valence-electron chi connectivity index (χ4n) is 5.37. The van der Waals surface area contributed by atoms with Gasteiger partial charge in [-0.3, -0.25) is 0 Å². The lowest BCUT2D eigenvalue weighted by atomic mass is 10.0. The summed E-state index contributed by atoms with van der Waals surface area (Å²) >= 11 is 0. The molecule has 7 aromatic rings. The van der Waals surface area contributed by atoms with Crippen LogP contribution in [0.2, 0.25) is 0 Å². The molecule has 7 nitrogen and oxygen atoms in total. The van der Waals surface area contributed by atoms with Crippen molar-refractivity contribution in [2.75, 3.05) is 0 Å². The quantitative estimate of drug-likeness (QED) is 0.283. The van der Waals surface area contributed by atoms with Gasteiger partial charge in [0.1, 0.15) is 5.52 Å². The highest BCUT2D eigenvalue weighted by molar-refractivity contribution is 5.90. The van der Waals surface area contributed by atoms with Crippen molar-refractivity contribution in [2.24, 2.45) is 7.05 Å². The molecule has 0 bridgehead atoms. The normalized spacial score (nSPS) is 11.6. The van der Waals surface area contributed by atoms with Crippen molar-refractivity contribution in [3.63, 3.8) is 0 Å². The number of fused-ring (bicyclic) bond motifs is 3. The fourth-order valence-corrected chi connectivity index (χ4v) is 5.37. The molecule has 3 heterocycles. The highest BCUT2D eigenvalue weighted by Gasteiger charge is 2.10. The summed E-state index contributed by atoms with van der Waals surface area (Å²) in [7, 11) is 1.91. The van der Waals surface area contributed by atoms with Crippen LogP contribution in [0.25, 0.3) is 44.0 Å². The summed E-state index contributed by atoms with van der Waals surface area (Å²) in [5, 5.41) is 20.0. The maximum atomic E-state index is 11.4. The van der Waals surface area contributed by atoms with E-state index in [1.54, 1.807) is 22.9 Å². The van der Waals surface area contributed by atoms with E-state index < -0.39 is 5.97 Å². The average molecular weight is 512 g/mol. The van der Waals surface area contributed by atoms with Gasteiger partial charge < -0.3 is 14.2 Å². The molecule has 7 heteroatoms. The average Bonchev–Trinajstić information content (AvgIpc) is 3.66. The van der Waals surface area contributed by atoms with Gasteiger partial charge in [0.2, 0.25) is 0 Å². The summed E-state index contributed by atoms with van der Waals surface area (Å²) in [5.74, 6) is -0.911. The second kappa shape index (κ2) is 8.99. The summed E-state index contributed by atoms with van der Waals surface area (Å²) in [6.45, 7) is 1.36. The van der Waals surface area contributed by atoms with E-state index in [0.29, 0.717) is 12.1 Å². The summed E-state index contributed by atoms with van der Waals surface area (Å²) in [6.07, 6.45) is 4.20. The number of rotatable bonds is 6. The summed E-state index contributed by atoms with van der Waals surface area (Å²) in [6, 6.07) is 30.8. The molecule has 3 aromatic heterocycles. The van der Waals surface area contributed by atoms with E-state index in [2.05, 4.69) is 92.5 Å². The number of carboxylic acid groups (broad SMARTS) is 1. The Morgan fingerprint density at radius 3 is 2.00 bits per heavy atom. The van der Waals surface area contributed by atoms with Gasteiger partial charge in [-0.05, 0) is 81.6 Å². The van der Waals surface area contributed by atoms with E-state index in [-0.39, 0.29) is 0 Å². The highest BCUT2D eigenvalue weighted by atomic mass is 16.4. The third-order valence-corrected chi connectivity index (χ3v) is 7.44. The zero-order valence-electron chi connectivity index (χ0n) is 21.3. The van der Waals surface area contributed by atoms with E-state index in [1.165, 1.54) is 16.5 Å². The molecule has 1 N–H and O–H groups in total. The Bertz CT molecular complexity index is 2030. The van der Waals surface area contributed by atoms with Crippen LogP contribution in [0.4, 0.5) is 0 Å². The standard InChI is InChI=1S/C32H25N5O2/c1-35-31-16-22(5-10-28(31)33-34-35)20-37-14-12-24-7-9-26(18-30(24)37)25-8-6-23-11-13-36(29(23)17-25)19-21-3-2-4-27(15-21)32(38)39/h2-18H,19-20H2,1H3,(H,38,39). The van der Waals surface area contributed by atoms with Crippen LogP contribution < -0.4 is 0 Å². The number of nitrogens with zero attached hydrogens (tertiary/aromatic N) is 5. The monoisotopic (exact) mass is 511 g/mol. The van der Waals surface area contributed by atoms with Crippen molar-refractivity contribution in [3.8, 4) is 11.1 Å². The van der Waals surface area contributed by atoms with Crippen molar-refractivity contribution < 1.29 is 9.90 Å². The van der Waals surface area contributed by atoms with Gasteiger partial charge in [0.25, 0.3) is 0 Å². The predicted octanol–water partition coefficient (Wildman–Crippen LogP) is 6.34. The Hall–Kier alpha value is -5.17. The molecular weight excluding hydrogens is 486 g/mol. The third-order valence-electron chi connectivity index (χ3n) is 7.44. The Balaban J connectivity index is 1.23. The van der Waals surface area contributed by atoms with E-state index in [0.717, 1.165) is 45.2 Å². The zero-order chi connectivity index (χ0) is 26.5. The molecule has 0 saturated heterocycles. The van der Waals surface area contributed by atoms with E-state index in [9.17, 15) is 9.90 Å². The predicted molar refractivity (Wildman–Crippen MR) is 153 cm³/mol. The van der Waals surface area contributed by atoms with Crippen molar-refractivity contribution >= 4 is 38.8 Å². The van der Waals surface area contributed by atoms with Gasteiger partial charge in [0.15, 0.2) is 0 Å². The number of aromatic nitrogens is 5. The van der Waals surface area contributed by atoms with Crippen molar-refractivity contribution in [1.82, 2.24) is 24.1 Å². The lowest BCUT2D eigenvalue weighted by molar-refractivity contribution is 0.0696. The molecule has 7 rings (SSSR count). The largest absolute Gasteiger partial charge is 0.478 e. The Morgan fingerprint density at radius 1 is 0.718 bits per heavy atom. The lowest BCUT2D eigenvalue weighted by Gasteiger charge is -2.10. The van der Waals surface area contributed by atoms with Crippen LogP contribution >= 0.6 is 0 Å². The van der Waals surface area contributed by atoms with Crippen LogP contribution in [0, 0.1) is 0 Å². The van der Waals surface area contributed by atoms with E-state index >= 15 is 0 Å². The summed E-state index contributed by atoms with van der Waals surface area (Å²) < 4.78 is 6.25. The topological polar surface area (TPSA) is 77.9 Å². The molecule has 0 amide bonds. The third kappa shape index (κ3) is 4.14. The zero-order valence-corrected chi connectivity index (χ0v) is 21.3. The SMILES string of the molecule is Cn1nnc2ccc(Cn3ccc4ccc(-c5ccc6ccn(Cc7cccc(C(=O)O)c7)c6c5)cc43)cc21. The Morgan fingerprint density at radius 2 is 1.36 bits per heavy atom. The van der Waals surface area contributed by atoms with Crippen LogP contribution in [-0.2, 0) is 20.1 Å². The van der Waals surface area contributed by atoms with Crippen LogP contribution in [0.1, 0.15) is 21.5 Å². The molecule has 0 spiro atoms. The second-order valence-corrected chi connectivity index (χ2v) is 9.98. The van der Waals surface area contributed by atoms with Crippen LogP contribution in [-0.4, -0.2) is 35.2 Å². The molecule has 0 aliphatic carbocycles. The highest BCUT2D eigenvalue weighted by Crippen LogP contribution is 2.29. The fraction of sp³-hybridized carbons (Fsp3) is 0.0938. The minimum atomic E-state index is -0.911. The molecule has 4 aromatic carbocycles. The number of aryl methyl sites for hydroxylation is 1. The molecule has 0 saturated carbocycles. The summed E-state index contributed by atoms with van der Waals surface area (Å²) in [4.78, 5) is 11.4. The first-order valence-corrected chi connectivity index (χ1v) is 12.8. The number of hydrogen-bond donors (Lipinski definition) is 1. The number of carboxylic acids is 1. The number of aromatic carboxylic acids is 1.